The summed E-state index contributed by atoms with van der Waals surface area (Å²) in [6.07, 6.45) is 1.27. The van der Waals surface area contributed by atoms with Crippen LogP contribution in [0.5, 0.6) is 0 Å². The van der Waals surface area contributed by atoms with Gasteiger partial charge in [-0.05, 0) is 24.6 Å². The topological polar surface area (TPSA) is 15.3 Å². The Morgan fingerprint density at radius 1 is 1.38 bits per heavy atom. The van der Waals surface area contributed by atoms with Crippen molar-refractivity contribution < 1.29 is 0 Å². The van der Waals surface area contributed by atoms with Crippen LogP contribution in [0, 0.1) is 0 Å². The van der Waals surface area contributed by atoms with Crippen molar-refractivity contribution in [3.8, 4) is 0 Å². The zero-order valence-electron chi connectivity index (χ0n) is 10.2. The maximum Gasteiger partial charge on any atom is 0.0381 e. The van der Waals surface area contributed by atoms with Crippen LogP contribution in [0.1, 0.15) is 13.3 Å². The Kier molecular flexibility index (Phi) is 3.64. The molecule has 16 heavy (non-hydrogen) atoms. The van der Waals surface area contributed by atoms with Gasteiger partial charge in [0.05, 0.1) is 0 Å². The minimum atomic E-state index is 0.636. The Hall–Kier alpha value is -0.830. The standard InChI is InChI=1S/C13H20N2S/c1-10-7-12(9-16-10)14-11-5-4-6-13(8-11)15(2)3/h4-6,8,10,12,14H,7,9H2,1-3H3. The third-order valence-electron chi connectivity index (χ3n) is 2.93. The molecule has 2 unspecified atom stereocenters. The van der Waals surface area contributed by atoms with Gasteiger partial charge in [0.1, 0.15) is 0 Å². The number of rotatable bonds is 3. The lowest BCUT2D eigenvalue weighted by molar-refractivity contribution is 0.747. The van der Waals surface area contributed by atoms with Crippen molar-refractivity contribution in [2.24, 2.45) is 0 Å². The van der Waals surface area contributed by atoms with E-state index < -0.39 is 0 Å². The summed E-state index contributed by atoms with van der Waals surface area (Å²) in [7, 11) is 4.15. The average molecular weight is 236 g/mol. The number of nitrogens with one attached hydrogen (secondary N) is 1. The van der Waals surface area contributed by atoms with Crippen LogP contribution in [-0.4, -0.2) is 31.1 Å². The molecule has 1 heterocycles. The Labute approximate surface area is 102 Å². The zero-order valence-corrected chi connectivity index (χ0v) is 11.1. The lowest BCUT2D eigenvalue weighted by Gasteiger charge is -2.17. The first-order valence-corrected chi connectivity index (χ1v) is 6.85. The highest BCUT2D eigenvalue weighted by atomic mass is 32.2. The molecule has 1 fully saturated rings. The van der Waals surface area contributed by atoms with Gasteiger partial charge in [-0.3, -0.25) is 0 Å². The Balaban J connectivity index is 2.01. The van der Waals surface area contributed by atoms with Crippen molar-refractivity contribution in [2.75, 3.05) is 30.1 Å². The molecule has 1 aromatic rings. The molecule has 0 amide bonds. The summed E-state index contributed by atoms with van der Waals surface area (Å²) in [5.41, 5.74) is 2.49. The molecule has 0 spiro atoms. The van der Waals surface area contributed by atoms with Gasteiger partial charge in [0.15, 0.2) is 0 Å². The fourth-order valence-corrected chi connectivity index (χ4v) is 3.18. The highest BCUT2D eigenvalue weighted by Gasteiger charge is 2.21. The molecule has 88 valence electrons. The van der Waals surface area contributed by atoms with Crippen molar-refractivity contribution in [1.82, 2.24) is 0 Å². The van der Waals surface area contributed by atoms with E-state index in [1.54, 1.807) is 0 Å². The van der Waals surface area contributed by atoms with Crippen molar-refractivity contribution in [3.05, 3.63) is 24.3 Å². The smallest absolute Gasteiger partial charge is 0.0381 e. The van der Waals surface area contributed by atoms with E-state index in [2.05, 4.69) is 67.3 Å². The lowest BCUT2D eigenvalue weighted by atomic mass is 10.2. The minimum absolute atomic E-state index is 0.636. The van der Waals surface area contributed by atoms with Crippen LogP contribution in [0.15, 0.2) is 24.3 Å². The van der Waals surface area contributed by atoms with Crippen molar-refractivity contribution in [2.45, 2.75) is 24.6 Å². The predicted octanol–water partition coefficient (Wildman–Crippen LogP) is 3.06. The van der Waals surface area contributed by atoms with E-state index in [1.807, 2.05) is 0 Å². The predicted molar refractivity (Wildman–Crippen MR) is 74.7 cm³/mol. The van der Waals surface area contributed by atoms with Gasteiger partial charge in [-0.25, -0.2) is 0 Å². The van der Waals surface area contributed by atoms with Crippen molar-refractivity contribution in [3.63, 3.8) is 0 Å². The van der Waals surface area contributed by atoms with Gasteiger partial charge in [0, 0.05) is 42.5 Å². The van der Waals surface area contributed by atoms with E-state index >= 15 is 0 Å². The van der Waals surface area contributed by atoms with Crippen molar-refractivity contribution in [1.29, 1.82) is 0 Å². The lowest BCUT2D eigenvalue weighted by Crippen LogP contribution is -2.19. The Morgan fingerprint density at radius 3 is 2.81 bits per heavy atom. The number of thioether (sulfide) groups is 1. The van der Waals surface area contributed by atoms with Gasteiger partial charge in [-0.1, -0.05) is 13.0 Å². The summed E-state index contributed by atoms with van der Waals surface area (Å²) in [6, 6.07) is 9.26. The fourth-order valence-electron chi connectivity index (χ4n) is 2.03. The van der Waals surface area contributed by atoms with Gasteiger partial charge < -0.3 is 10.2 Å². The monoisotopic (exact) mass is 236 g/mol. The molecule has 1 saturated heterocycles. The summed E-state index contributed by atoms with van der Waals surface area (Å²) in [6.45, 7) is 2.31. The number of hydrogen-bond donors (Lipinski definition) is 1. The van der Waals surface area contributed by atoms with E-state index in [9.17, 15) is 0 Å². The molecule has 0 aromatic heterocycles. The molecule has 0 aliphatic carbocycles. The summed E-state index contributed by atoms with van der Waals surface area (Å²) < 4.78 is 0. The van der Waals surface area contributed by atoms with Crippen LogP contribution >= 0.6 is 11.8 Å². The first-order chi connectivity index (χ1) is 7.65. The molecular weight excluding hydrogens is 216 g/mol. The van der Waals surface area contributed by atoms with Crippen LogP contribution in [0.4, 0.5) is 11.4 Å². The summed E-state index contributed by atoms with van der Waals surface area (Å²) >= 11 is 2.06. The normalized spacial score (nSPS) is 24.4. The summed E-state index contributed by atoms with van der Waals surface area (Å²) in [4.78, 5) is 2.14. The van der Waals surface area contributed by atoms with E-state index in [1.165, 1.54) is 23.5 Å². The van der Waals surface area contributed by atoms with Crippen LogP contribution in [0.3, 0.4) is 0 Å². The van der Waals surface area contributed by atoms with Crippen LogP contribution in [0.25, 0.3) is 0 Å². The molecule has 0 bridgehead atoms. The second kappa shape index (κ2) is 5.00. The highest BCUT2D eigenvalue weighted by molar-refractivity contribution is 8.00. The molecule has 1 aliphatic rings. The van der Waals surface area contributed by atoms with E-state index in [0.29, 0.717) is 6.04 Å². The first kappa shape index (κ1) is 11.6. The van der Waals surface area contributed by atoms with Gasteiger partial charge >= 0.3 is 0 Å². The Bertz CT molecular complexity index is 352. The maximum atomic E-state index is 3.62. The second-order valence-corrected chi connectivity index (χ2v) is 6.14. The molecule has 0 saturated carbocycles. The number of anilines is 2. The molecule has 1 aliphatic heterocycles. The highest BCUT2D eigenvalue weighted by Crippen LogP contribution is 2.29. The number of benzene rings is 1. The number of hydrogen-bond acceptors (Lipinski definition) is 3. The van der Waals surface area contributed by atoms with Crippen LogP contribution < -0.4 is 10.2 Å². The third-order valence-corrected chi connectivity index (χ3v) is 4.29. The average Bonchev–Trinajstić information content (AvgIpc) is 2.64. The van der Waals surface area contributed by atoms with Crippen molar-refractivity contribution >= 4 is 23.1 Å². The van der Waals surface area contributed by atoms with Crippen LogP contribution in [-0.2, 0) is 0 Å². The maximum absolute atomic E-state index is 3.62. The number of nitrogens with zero attached hydrogens (tertiary/aromatic N) is 1. The molecular formula is C13H20N2S. The second-order valence-electron chi connectivity index (χ2n) is 4.67. The SMILES string of the molecule is CC1CC(Nc2cccc(N(C)C)c2)CS1. The molecule has 1 aromatic carbocycles. The molecule has 2 rings (SSSR count). The van der Waals surface area contributed by atoms with E-state index in [0.717, 1.165) is 5.25 Å². The van der Waals surface area contributed by atoms with Gasteiger partial charge in [0.25, 0.3) is 0 Å². The summed E-state index contributed by atoms with van der Waals surface area (Å²) in [5, 5.41) is 4.42. The molecule has 1 N–H and O–H groups in total. The van der Waals surface area contributed by atoms with E-state index in [-0.39, 0.29) is 0 Å². The molecule has 2 atom stereocenters. The molecule has 0 radical (unpaired) electrons. The quantitative estimate of drug-likeness (QED) is 0.868. The molecule has 3 heteroatoms. The third kappa shape index (κ3) is 2.85. The minimum Gasteiger partial charge on any atom is -0.381 e. The van der Waals surface area contributed by atoms with Gasteiger partial charge in [-0.2, -0.15) is 11.8 Å². The zero-order chi connectivity index (χ0) is 11.5. The van der Waals surface area contributed by atoms with Crippen LogP contribution in [0.2, 0.25) is 0 Å². The first-order valence-electron chi connectivity index (χ1n) is 5.80. The fraction of sp³-hybridized carbons (Fsp3) is 0.538. The van der Waals surface area contributed by atoms with E-state index in [4.69, 9.17) is 0 Å². The Morgan fingerprint density at radius 2 is 2.19 bits per heavy atom. The van der Waals surface area contributed by atoms with Gasteiger partial charge in [0.2, 0.25) is 0 Å². The summed E-state index contributed by atoms with van der Waals surface area (Å²) in [5.74, 6) is 1.23. The molecule has 2 nitrogen and oxygen atoms in total. The van der Waals surface area contributed by atoms with Gasteiger partial charge in [-0.15, -0.1) is 0 Å². The largest absolute Gasteiger partial charge is 0.381 e.